The topological polar surface area (TPSA) is 103 Å². The Balaban J connectivity index is 1.89. The summed E-state index contributed by atoms with van der Waals surface area (Å²) in [4.78, 5) is 18.3. The first-order valence-electron chi connectivity index (χ1n) is 10.3. The third-order valence-electron chi connectivity index (χ3n) is 5.25. The molecule has 1 aliphatic heterocycles. The van der Waals surface area contributed by atoms with Crippen LogP contribution in [-0.4, -0.2) is 67.3 Å². The Labute approximate surface area is 218 Å². The summed E-state index contributed by atoms with van der Waals surface area (Å²) in [6, 6.07) is 3.60. The number of alkyl halides is 3. The number of carbonyl (C=O) groups excluding carboxylic acids is 1. The van der Waals surface area contributed by atoms with Crippen molar-refractivity contribution < 1.29 is 26.9 Å². The quantitative estimate of drug-likeness (QED) is 0.292. The summed E-state index contributed by atoms with van der Waals surface area (Å²) < 4.78 is 66.9. The first kappa shape index (κ1) is 26.6. The number of anilines is 1. The van der Waals surface area contributed by atoms with Crippen molar-refractivity contribution in [3.8, 4) is 11.4 Å². The molecule has 0 bridgehead atoms. The van der Waals surface area contributed by atoms with Gasteiger partial charge in [0, 0.05) is 12.8 Å². The van der Waals surface area contributed by atoms with Crippen molar-refractivity contribution in [1.82, 2.24) is 18.9 Å². The number of carbonyl (C=O) groups is 1. The van der Waals surface area contributed by atoms with E-state index in [9.17, 15) is 22.2 Å². The number of amides is 1. The molecule has 3 aromatic heterocycles. The van der Waals surface area contributed by atoms with E-state index in [0.29, 0.717) is 53.4 Å². The van der Waals surface area contributed by atoms with E-state index >= 15 is 0 Å². The van der Waals surface area contributed by atoms with Crippen LogP contribution < -0.4 is 4.90 Å². The van der Waals surface area contributed by atoms with Crippen LogP contribution in [0.15, 0.2) is 16.5 Å². The Morgan fingerprint density at radius 1 is 1.43 bits per heavy atom. The number of aromatic nitrogens is 4. The average molecular weight is 660 g/mol. The Morgan fingerprint density at radius 3 is 2.83 bits per heavy atom. The Hall–Kier alpha value is -1.42. The minimum Gasteiger partial charge on any atom is -0.377 e. The third-order valence-corrected chi connectivity index (χ3v) is 9.43. The monoisotopic (exact) mass is 660 g/mol. The smallest absolute Gasteiger partial charge is 0.377 e. The zero-order chi connectivity index (χ0) is 25.5. The number of halogens is 4. The standard InChI is InChI=1S/C19H21F3IN6O3PS2/c1-10-6-13(29(25-10)33-23)15-16-17(34-26-15)12(9-35(3,31)27-18(30)19(20,21)22)7-14(24-16)28-4-5-32-8-11(28)2/h6-7,11,33H,4-5,8-9H2,1-3H3/t11-,35?/m1/s1. The Kier molecular flexibility index (Phi) is 7.72. The van der Waals surface area contributed by atoms with E-state index in [1.165, 1.54) is 0 Å². The SMILES string of the molecule is Cc1cc(-c2nsc3c(CS(C)(=O)=NC(=O)C(F)(F)F)cc(N4CCOC[C@H]4C)nc23)n(PI)n1. The van der Waals surface area contributed by atoms with Crippen LogP contribution in [0.4, 0.5) is 19.0 Å². The minimum absolute atomic E-state index is 0.00247. The lowest BCUT2D eigenvalue weighted by Crippen LogP contribution is -2.44. The highest BCUT2D eigenvalue weighted by molar-refractivity contribution is 14.2. The predicted octanol–water partition coefficient (Wildman–Crippen LogP) is 4.57. The van der Waals surface area contributed by atoms with Crippen molar-refractivity contribution in [1.29, 1.82) is 0 Å². The van der Waals surface area contributed by atoms with Gasteiger partial charge >= 0.3 is 12.1 Å². The number of ether oxygens (including phenoxy) is 1. The van der Waals surface area contributed by atoms with Gasteiger partial charge in [0.15, 0.2) is 0 Å². The summed E-state index contributed by atoms with van der Waals surface area (Å²) in [6.07, 6.45) is -3.82. The van der Waals surface area contributed by atoms with Gasteiger partial charge in [-0.25, -0.2) is 13.6 Å². The number of morpholine rings is 1. The molecule has 1 saturated heterocycles. The first-order chi connectivity index (χ1) is 16.4. The number of hydrogen-bond acceptors (Lipinski definition) is 8. The number of hydrogen-bond donors (Lipinski definition) is 0. The van der Waals surface area contributed by atoms with Gasteiger partial charge in [-0.2, -0.15) is 27.0 Å². The van der Waals surface area contributed by atoms with E-state index in [-0.39, 0.29) is 11.8 Å². The number of aryl methyl sites for hydroxylation is 1. The average Bonchev–Trinajstić information content (AvgIpc) is 3.35. The van der Waals surface area contributed by atoms with Gasteiger partial charge in [-0.15, -0.1) is 0 Å². The van der Waals surface area contributed by atoms with Crippen LogP contribution in [0.25, 0.3) is 21.6 Å². The zero-order valence-electron chi connectivity index (χ0n) is 18.8. The number of nitrogens with zero attached hydrogens (tertiary/aromatic N) is 6. The molecule has 1 aliphatic rings. The second-order valence-corrected chi connectivity index (χ2v) is 13.3. The molecule has 1 amide bonds. The molecule has 35 heavy (non-hydrogen) atoms. The van der Waals surface area contributed by atoms with Gasteiger partial charge in [0.2, 0.25) is 0 Å². The van der Waals surface area contributed by atoms with E-state index in [4.69, 9.17) is 9.72 Å². The van der Waals surface area contributed by atoms with E-state index in [1.54, 1.807) is 6.07 Å². The van der Waals surface area contributed by atoms with Crippen molar-refractivity contribution in [3.05, 3.63) is 23.4 Å². The maximum Gasteiger partial charge on any atom is 0.474 e. The zero-order valence-corrected chi connectivity index (χ0v) is 23.6. The number of fused-ring (bicyclic) bond motifs is 1. The number of rotatable bonds is 5. The van der Waals surface area contributed by atoms with Crippen LogP contribution >= 0.6 is 39.9 Å². The highest BCUT2D eigenvalue weighted by atomic mass is 127. The van der Waals surface area contributed by atoms with Crippen LogP contribution in [0.2, 0.25) is 0 Å². The van der Waals surface area contributed by atoms with Crippen LogP contribution in [0, 0.1) is 6.92 Å². The fourth-order valence-corrected chi connectivity index (χ4v) is 7.55. The molecule has 3 atom stereocenters. The van der Waals surface area contributed by atoms with E-state index in [2.05, 4.69) is 35.9 Å². The number of pyridine rings is 1. The van der Waals surface area contributed by atoms with Gasteiger partial charge in [-0.05, 0) is 65.1 Å². The fourth-order valence-electron chi connectivity index (χ4n) is 3.74. The predicted molar refractivity (Wildman–Crippen MR) is 140 cm³/mol. The Morgan fingerprint density at radius 2 is 2.17 bits per heavy atom. The molecule has 0 saturated carbocycles. The van der Waals surface area contributed by atoms with Gasteiger partial charge in [-0.3, -0.25) is 4.79 Å². The highest BCUT2D eigenvalue weighted by Gasteiger charge is 2.39. The molecule has 16 heteroatoms. The van der Waals surface area contributed by atoms with Crippen LogP contribution in [0.3, 0.4) is 0 Å². The molecule has 2 unspecified atom stereocenters. The molecule has 9 nitrogen and oxygen atoms in total. The van der Waals surface area contributed by atoms with Gasteiger partial charge in [0.1, 0.15) is 17.0 Å². The maximum absolute atomic E-state index is 13.0. The Bertz CT molecular complexity index is 1400. The van der Waals surface area contributed by atoms with Crippen LogP contribution in [0.5, 0.6) is 0 Å². The molecular weight excluding hydrogens is 639 g/mol. The molecule has 4 heterocycles. The van der Waals surface area contributed by atoms with E-state index in [0.717, 1.165) is 29.2 Å². The first-order valence-corrected chi connectivity index (χ1v) is 17.2. The molecular formula is C19H21F3IN6O3PS2. The second kappa shape index (κ2) is 10.1. The molecule has 1 fully saturated rings. The molecule has 0 spiro atoms. The van der Waals surface area contributed by atoms with E-state index < -0.39 is 21.8 Å². The normalized spacial score (nSPS) is 18.9. The second-order valence-electron chi connectivity index (χ2n) is 8.13. The minimum atomic E-state index is -5.19. The molecule has 0 aromatic carbocycles. The van der Waals surface area contributed by atoms with Crippen LogP contribution in [0.1, 0.15) is 18.2 Å². The lowest BCUT2D eigenvalue weighted by atomic mass is 10.1. The third kappa shape index (κ3) is 5.78. The molecule has 0 N–H and O–H groups in total. The maximum atomic E-state index is 13.0. The fraction of sp³-hybridized carbons (Fsp3) is 0.474. The molecule has 3 aromatic rings. The van der Waals surface area contributed by atoms with Gasteiger partial charge in [-0.1, -0.05) is 0 Å². The van der Waals surface area contributed by atoms with Crippen molar-refractivity contribution in [3.63, 3.8) is 0 Å². The van der Waals surface area contributed by atoms with Gasteiger partial charge in [0.05, 0.1) is 57.2 Å². The van der Waals surface area contributed by atoms with Gasteiger partial charge in [0.25, 0.3) is 0 Å². The molecule has 190 valence electrons. The summed E-state index contributed by atoms with van der Waals surface area (Å²) in [5, 5.41) is 4.48. The molecule has 0 radical (unpaired) electrons. The highest BCUT2D eigenvalue weighted by Crippen LogP contribution is 2.38. The summed E-state index contributed by atoms with van der Waals surface area (Å²) in [5.74, 6) is -2.14. The van der Waals surface area contributed by atoms with Gasteiger partial charge < -0.3 is 9.64 Å². The summed E-state index contributed by atoms with van der Waals surface area (Å²) >= 11 is 3.33. The van der Waals surface area contributed by atoms with Crippen molar-refractivity contribution in [2.24, 2.45) is 4.36 Å². The molecule has 0 aliphatic carbocycles. The van der Waals surface area contributed by atoms with Crippen molar-refractivity contribution in [2.75, 3.05) is 30.9 Å². The summed E-state index contributed by atoms with van der Waals surface area (Å²) in [5.41, 5.74) is 3.17. The lowest BCUT2D eigenvalue weighted by Gasteiger charge is -2.34. The van der Waals surface area contributed by atoms with Crippen molar-refractivity contribution >= 4 is 71.6 Å². The van der Waals surface area contributed by atoms with Crippen molar-refractivity contribution in [2.45, 2.75) is 31.8 Å². The lowest BCUT2D eigenvalue weighted by molar-refractivity contribution is -0.169. The summed E-state index contributed by atoms with van der Waals surface area (Å²) in [7, 11) is -3.54. The van der Waals surface area contributed by atoms with Crippen LogP contribution in [-0.2, 0) is 25.0 Å². The summed E-state index contributed by atoms with van der Waals surface area (Å²) in [6.45, 7) is 5.40. The van der Waals surface area contributed by atoms with E-state index in [1.807, 2.05) is 29.3 Å². The molecule has 4 rings (SSSR count). The largest absolute Gasteiger partial charge is 0.474 e.